The monoisotopic (exact) mass is 501 g/mol. The highest BCUT2D eigenvalue weighted by Crippen LogP contribution is 2.36. The van der Waals surface area contributed by atoms with Crippen molar-refractivity contribution >= 4 is 17.4 Å². The molecule has 2 saturated heterocycles. The molecule has 0 saturated carbocycles. The van der Waals surface area contributed by atoms with Gasteiger partial charge in [-0.1, -0.05) is 12.1 Å². The minimum absolute atomic E-state index is 0.0823. The lowest BCUT2D eigenvalue weighted by atomic mass is 9.97. The summed E-state index contributed by atoms with van der Waals surface area (Å²) in [5.41, 5.74) is 1.02. The van der Waals surface area contributed by atoms with Gasteiger partial charge in [-0.25, -0.2) is 4.98 Å². The quantitative estimate of drug-likeness (QED) is 0.603. The van der Waals surface area contributed by atoms with Gasteiger partial charge < -0.3 is 20.2 Å². The van der Waals surface area contributed by atoms with Crippen molar-refractivity contribution < 1.29 is 23.1 Å². The number of hydrogen-bond acceptors (Lipinski definition) is 6. The number of amides is 1. The maximum Gasteiger partial charge on any atom is 0.433 e. The molecule has 1 unspecified atom stereocenters. The van der Waals surface area contributed by atoms with Crippen LogP contribution in [-0.4, -0.2) is 54.8 Å². The van der Waals surface area contributed by atoms with Gasteiger partial charge >= 0.3 is 6.18 Å². The summed E-state index contributed by atoms with van der Waals surface area (Å²) in [7, 11) is 0. The van der Waals surface area contributed by atoms with Crippen molar-refractivity contribution in [1.29, 1.82) is 5.26 Å². The molecule has 3 heterocycles. The largest absolute Gasteiger partial charge is 0.433 e. The molecule has 36 heavy (non-hydrogen) atoms. The molecule has 2 aliphatic rings. The van der Waals surface area contributed by atoms with Crippen molar-refractivity contribution in [3.05, 3.63) is 53.2 Å². The minimum atomic E-state index is -4.60. The van der Waals surface area contributed by atoms with Crippen molar-refractivity contribution in [2.45, 2.75) is 44.3 Å². The van der Waals surface area contributed by atoms with Crippen LogP contribution in [0.1, 0.15) is 42.5 Å². The highest BCUT2D eigenvalue weighted by atomic mass is 19.4. The van der Waals surface area contributed by atoms with Gasteiger partial charge in [0.25, 0.3) is 0 Å². The first kappa shape index (κ1) is 25.8. The summed E-state index contributed by atoms with van der Waals surface area (Å²) >= 11 is 0. The smallest absolute Gasteiger partial charge is 0.396 e. The number of aliphatic hydroxyl groups is 1. The van der Waals surface area contributed by atoms with E-state index in [2.05, 4.69) is 16.4 Å². The lowest BCUT2D eigenvalue weighted by Gasteiger charge is -2.34. The molecule has 192 valence electrons. The van der Waals surface area contributed by atoms with E-state index in [1.54, 1.807) is 23.1 Å². The molecular formula is C26H30F3N5O2. The predicted molar refractivity (Wildman–Crippen MR) is 130 cm³/mol. The highest BCUT2D eigenvalue weighted by molar-refractivity contribution is 5.85. The average molecular weight is 502 g/mol. The van der Waals surface area contributed by atoms with E-state index in [1.165, 1.54) is 0 Å². The van der Waals surface area contributed by atoms with Crippen LogP contribution in [0.25, 0.3) is 0 Å². The molecule has 10 heteroatoms. The van der Waals surface area contributed by atoms with E-state index < -0.39 is 17.9 Å². The third-order valence-corrected chi connectivity index (χ3v) is 6.97. The van der Waals surface area contributed by atoms with Crippen molar-refractivity contribution in [2.24, 2.45) is 5.92 Å². The van der Waals surface area contributed by atoms with Gasteiger partial charge in [0.05, 0.1) is 11.6 Å². The number of aliphatic hydroxyl groups excluding tert-OH is 1. The summed E-state index contributed by atoms with van der Waals surface area (Å²) in [5, 5.41) is 21.2. The first-order valence-electron chi connectivity index (χ1n) is 12.3. The number of benzene rings is 1. The molecule has 2 fully saturated rings. The number of aromatic nitrogens is 1. The number of carbonyl (C=O) groups is 1. The van der Waals surface area contributed by atoms with E-state index >= 15 is 0 Å². The molecule has 2 aromatic rings. The fourth-order valence-electron chi connectivity index (χ4n) is 4.86. The molecule has 4 rings (SSSR count). The van der Waals surface area contributed by atoms with Crippen LogP contribution in [0.2, 0.25) is 0 Å². The standard InChI is InChI=1S/C26H30F3N5O2/c27-26(28,29)23-14-21(33-12-8-20(17-35)9-13-33)15-24(32-23)34-11-1-2-22(34)25(36)31-10-7-18-3-5-19(16-30)6-4-18/h3-6,14-15,20,22,35H,1-2,7-13,17H2,(H,31,36). The van der Waals surface area contributed by atoms with Gasteiger partial charge in [-0.15, -0.1) is 0 Å². The SMILES string of the molecule is N#Cc1ccc(CCNC(=O)C2CCCN2c2cc(N3CCC(CO)CC3)cc(C(F)(F)F)n2)cc1. The second kappa shape index (κ2) is 11.2. The zero-order valence-corrected chi connectivity index (χ0v) is 20.0. The van der Waals surface area contributed by atoms with Crippen molar-refractivity contribution in [3.63, 3.8) is 0 Å². The van der Waals surface area contributed by atoms with Crippen molar-refractivity contribution in [3.8, 4) is 6.07 Å². The number of hydrogen-bond donors (Lipinski definition) is 2. The van der Waals surface area contributed by atoms with Crippen LogP contribution in [0.15, 0.2) is 36.4 Å². The summed E-state index contributed by atoms with van der Waals surface area (Å²) in [4.78, 5) is 20.5. The van der Waals surface area contributed by atoms with Crippen LogP contribution < -0.4 is 15.1 Å². The first-order chi connectivity index (χ1) is 17.3. The topological polar surface area (TPSA) is 92.5 Å². The molecule has 0 spiro atoms. The maximum atomic E-state index is 13.7. The normalized spacial score (nSPS) is 18.8. The third-order valence-electron chi connectivity index (χ3n) is 6.97. The molecule has 1 aromatic carbocycles. The number of anilines is 2. The van der Waals surface area contributed by atoms with Crippen molar-refractivity contribution in [1.82, 2.24) is 10.3 Å². The minimum Gasteiger partial charge on any atom is -0.396 e. The fraction of sp³-hybridized carbons (Fsp3) is 0.500. The molecule has 1 atom stereocenters. The van der Waals surface area contributed by atoms with Crippen LogP contribution in [0.3, 0.4) is 0 Å². The summed E-state index contributed by atoms with van der Waals surface area (Å²) < 4.78 is 41.2. The molecule has 1 amide bonds. The van der Waals surface area contributed by atoms with Gasteiger partial charge in [0.1, 0.15) is 17.6 Å². The Morgan fingerprint density at radius 2 is 1.86 bits per heavy atom. The van der Waals surface area contributed by atoms with Crippen molar-refractivity contribution in [2.75, 3.05) is 42.6 Å². The van der Waals surface area contributed by atoms with Crippen LogP contribution in [0, 0.1) is 17.2 Å². The highest BCUT2D eigenvalue weighted by Gasteiger charge is 2.37. The molecular weight excluding hydrogens is 471 g/mol. The van der Waals surface area contributed by atoms with E-state index in [1.807, 2.05) is 17.0 Å². The molecule has 0 radical (unpaired) electrons. The second-order valence-corrected chi connectivity index (χ2v) is 9.38. The Morgan fingerprint density at radius 1 is 1.14 bits per heavy atom. The number of piperidine rings is 1. The number of nitriles is 1. The molecule has 2 N–H and O–H groups in total. The third kappa shape index (κ3) is 6.08. The van der Waals surface area contributed by atoms with E-state index in [9.17, 15) is 23.1 Å². The summed E-state index contributed by atoms with van der Waals surface area (Å²) in [6, 6.07) is 11.3. The van der Waals surface area contributed by atoms with Crippen LogP contribution in [0.5, 0.6) is 0 Å². The first-order valence-corrected chi connectivity index (χ1v) is 12.3. The molecule has 2 aliphatic heterocycles. The Balaban J connectivity index is 1.47. The van der Waals surface area contributed by atoms with Gasteiger partial charge in [-0.3, -0.25) is 4.79 Å². The molecule has 7 nitrogen and oxygen atoms in total. The number of carbonyl (C=O) groups excluding carboxylic acids is 1. The number of alkyl halides is 3. The van der Waals surface area contributed by atoms with Crippen LogP contribution >= 0.6 is 0 Å². The molecule has 0 aliphatic carbocycles. The Labute approximate surface area is 208 Å². The number of rotatable bonds is 7. The Hall–Kier alpha value is -3.32. The predicted octanol–water partition coefficient (Wildman–Crippen LogP) is 3.51. The summed E-state index contributed by atoms with van der Waals surface area (Å²) in [6.07, 6.45) is -1.37. The van der Waals surface area contributed by atoms with E-state index in [0.29, 0.717) is 69.5 Å². The van der Waals surface area contributed by atoms with E-state index in [-0.39, 0.29) is 24.2 Å². The van der Waals surface area contributed by atoms with Gasteiger partial charge in [0.15, 0.2) is 0 Å². The average Bonchev–Trinajstić information content (AvgIpc) is 3.39. The van der Waals surface area contributed by atoms with Gasteiger partial charge in [-0.2, -0.15) is 18.4 Å². The van der Waals surface area contributed by atoms with E-state index in [4.69, 9.17) is 5.26 Å². The lowest BCUT2D eigenvalue weighted by Crippen LogP contribution is -2.44. The van der Waals surface area contributed by atoms with Gasteiger partial charge in [0.2, 0.25) is 5.91 Å². The summed E-state index contributed by atoms with van der Waals surface area (Å²) in [6.45, 7) is 2.04. The zero-order valence-electron chi connectivity index (χ0n) is 20.0. The zero-order chi connectivity index (χ0) is 25.7. The van der Waals surface area contributed by atoms with Gasteiger partial charge in [0, 0.05) is 44.5 Å². The second-order valence-electron chi connectivity index (χ2n) is 9.38. The van der Waals surface area contributed by atoms with Gasteiger partial charge in [-0.05, 0) is 61.8 Å². The maximum absolute atomic E-state index is 13.7. The molecule has 1 aromatic heterocycles. The number of nitrogens with zero attached hydrogens (tertiary/aromatic N) is 4. The Bertz CT molecular complexity index is 1090. The number of pyridine rings is 1. The van der Waals surface area contributed by atoms with E-state index in [0.717, 1.165) is 11.6 Å². The Morgan fingerprint density at radius 3 is 2.50 bits per heavy atom. The number of halogens is 3. The molecule has 0 bridgehead atoms. The fourth-order valence-corrected chi connectivity index (χ4v) is 4.86. The summed E-state index contributed by atoms with van der Waals surface area (Å²) in [5.74, 6) is 0.0973. The lowest BCUT2D eigenvalue weighted by molar-refractivity contribution is -0.141. The number of nitrogens with one attached hydrogen (secondary N) is 1. The Kier molecular flexibility index (Phi) is 7.99. The van der Waals surface area contributed by atoms with Crippen LogP contribution in [0.4, 0.5) is 24.7 Å². The van der Waals surface area contributed by atoms with Crippen LogP contribution in [-0.2, 0) is 17.4 Å².